The van der Waals surface area contributed by atoms with Crippen molar-refractivity contribution in [2.24, 2.45) is 0 Å². The molecule has 2 heterocycles. The molecule has 2 rings (SSSR count). The van der Waals surface area contributed by atoms with Crippen molar-refractivity contribution in [2.45, 2.75) is 45.2 Å². The Bertz CT molecular complexity index is 380. The molecule has 5 heteroatoms. The molecular weight excluding hydrogens is 222 g/mol. The van der Waals surface area contributed by atoms with Crippen LogP contribution in [0.2, 0.25) is 0 Å². The van der Waals surface area contributed by atoms with Crippen LogP contribution in [0.25, 0.3) is 0 Å². The fourth-order valence-corrected chi connectivity index (χ4v) is 2.88. The zero-order chi connectivity index (χ0) is 11.7. The molecule has 1 aromatic rings. The van der Waals surface area contributed by atoms with Gasteiger partial charge in [-0.15, -0.1) is 11.3 Å². The zero-order valence-corrected chi connectivity index (χ0v) is 10.5. The molecule has 0 saturated carbocycles. The first kappa shape index (κ1) is 11.4. The summed E-state index contributed by atoms with van der Waals surface area (Å²) in [4.78, 5) is 18.3. The first-order valence-corrected chi connectivity index (χ1v) is 6.51. The minimum Gasteiger partial charge on any atom is -0.375 e. The molecule has 1 aromatic heterocycles. The van der Waals surface area contributed by atoms with Gasteiger partial charge in [-0.2, -0.15) is 0 Å². The molecule has 1 amide bonds. The molecule has 0 radical (unpaired) electrons. The van der Waals surface area contributed by atoms with E-state index in [0.717, 1.165) is 12.8 Å². The molecule has 16 heavy (non-hydrogen) atoms. The van der Waals surface area contributed by atoms with Gasteiger partial charge < -0.3 is 10.6 Å². The van der Waals surface area contributed by atoms with Crippen LogP contribution in [0.15, 0.2) is 5.38 Å². The molecule has 4 nitrogen and oxygen atoms in total. The lowest BCUT2D eigenvalue weighted by Gasteiger charge is -2.38. The number of piperidine rings is 1. The maximum Gasteiger partial charge on any atom is 0.273 e. The maximum absolute atomic E-state index is 12.2. The Kier molecular flexibility index (Phi) is 3.14. The Morgan fingerprint density at radius 1 is 1.50 bits per heavy atom. The second-order valence-electron chi connectivity index (χ2n) is 4.41. The lowest BCUT2D eigenvalue weighted by atomic mass is 9.97. The standard InChI is InChI=1S/C11H17N3OS/c1-7-4-3-5-8(2)14(7)10(15)9-6-16-11(12)13-9/h6-8H,3-5H2,1-2H3,(H2,12,13)/t7-,8+. The SMILES string of the molecule is C[C@@H]1CCC[C@H](C)N1C(=O)c1csc(N)n1. The van der Waals surface area contributed by atoms with Gasteiger partial charge in [-0.25, -0.2) is 4.98 Å². The van der Waals surface area contributed by atoms with E-state index in [1.54, 1.807) is 5.38 Å². The summed E-state index contributed by atoms with van der Waals surface area (Å²) in [6.45, 7) is 4.20. The van der Waals surface area contributed by atoms with Crippen LogP contribution < -0.4 is 5.73 Å². The third kappa shape index (κ3) is 2.04. The lowest BCUT2D eigenvalue weighted by Crippen LogP contribution is -2.47. The number of nitrogen functional groups attached to an aromatic ring is 1. The number of hydrogen-bond donors (Lipinski definition) is 1. The van der Waals surface area contributed by atoms with Crippen LogP contribution in [-0.4, -0.2) is 27.9 Å². The van der Waals surface area contributed by atoms with Crippen molar-refractivity contribution < 1.29 is 4.79 Å². The molecule has 2 N–H and O–H groups in total. The molecule has 1 fully saturated rings. The highest BCUT2D eigenvalue weighted by atomic mass is 32.1. The molecule has 0 unspecified atom stereocenters. The number of likely N-dealkylation sites (tertiary alicyclic amines) is 1. The summed E-state index contributed by atoms with van der Waals surface area (Å²) in [6.07, 6.45) is 3.36. The van der Waals surface area contributed by atoms with E-state index in [2.05, 4.69) is 18.8 Å². The molecule has 2 atom stereocenters. The summed E-state index contributed by atoms with van der Waals surface area (Å²) in [5.41, 5.74) is 6.04. The van der Waals surface area contributed by atoms with E-state index in [-0.39, 0.29) is 5.91 Å². The van der Waals surface area contributed by atoms with Crippen LogP contribution >= 0.6 is 11.3 Å². The first-order chi connectivity index (χ1) is 7.59. The molecule has 0 aliphatic carbocycles. The minimum absolute atomic E-state index is 0.0210. The van der Waals surface area contributed by atoms with E-state index in [1.807, 2.05) is 4.90 Å². The van der Waals surface area contributed by atoms with Crippen LogP contribution in [0.4, 0.5) is 5.13 Å². The highest BCUT2D eigenvalue weighted by Gasteiger charge is 2.30. The molecule has 1 aliphatic rings. The lowest BCUT2D eigenvalue weighted by molar-refractivity contribution is 0.0505. The number of hydrogen-bond acceptors (Lipinski definition) is 4. The molecule has 0 aromatic carbocycles. The number of anilines is 1. The zero-order valence-electron chi connectivity index (χ0n) is 9.64. The highest BCUT2D eigenvalue weighted by Crippen LogP contribution is 2.25. The molecule has 1 aliphatic heterocycles. The normalized spacial score (nSPS) is 25.8. The van der Waals surface area contributed by atoms with Gasteiger partial charge in [-0.05, 0) is 33.1 Å². The minimum atomic E-state index is 0.0210. The van der Waals surface area contributed by atoms with E-state index in [0.29, 0.717) is 22.9 Å². The van der Waals surface area contributed by atoms with Crippen molar-refractivity contribution >= 4 is 22.4 Å². The van der Waals surface area contributed by atoms with Gasteiger partial charge in [0, 0.05) is 17.5 Å². The van der Waals surface area contributed by atoms with E-state index in [9.17, 15) is 4.79 Å². The van der Waals surface area contributed by atoms with Gasteiger partial charge in [0.05, 0.1) is 0 Å². The van der Waals surface area contributed by atoms with Gasteiger partial charge in [-0.3, -0.25) is 4.79 Å². The Morgan fingerprint density at radius 2 is 2.12 bits per heavy atom. The Hall–Kier alpha value is -1.10. The van der Waals surface area contributed by atoms with Crippen molar-refractivity contribution in [3.8, 4) is 0 Å². The number of carbonyl (C=O) groups is 1. The maximum atomic E-state index is 12.2. The number of thiazole rings is 1. The van der Waals surface area contributed by atoms with Crippen molar-refractivity contribution in [2.75, 3.05) is 5.73 Å². The van der Waals surface area contributed by atoms with Gasteiger partial charge in [0.2, 0.25) is 0 Å². The molecule has 1 saturated heterocycles. The van der Waals surface area contributed by atoms with Gasteiger partial charge in [0.15, 0.2) is 5.13 Å². The average molecular weight is 239 g/mol. The quantitative estimate of drug-likeness (QED) is 0.816. The Balaban J connectivity index is 2.19. The van der Waals surface area contributed by atoms with E-state index < -0.39 is 0 Å². The van der Waals surface area contributed by atoms with Crippen molar-refractivity contribution in [1.82, 2.24) is 9.88 Å². The van der Waals surface area contributed by atoms with Crippen LogP contribution in [0.3, 0.4) is 0 Å². The van der Waals surface area contributed by atoms with Crippen molar-refractivity contribution in [3.63, 3.8) is 0 Å². The van der Waals surface area contributed by atoms with E-state index in [4.69, 9.17) is 5.73 Å². The van der Waals surface area contributed by atoms with Crippen LogP contribution in [-0.2, 0) is 0 Å². The third-order valence-electron chi connectivity index (χ3n) is 3.17. The smallest absolute Gasteiger partial charge is 0.273 e. The Morgan fingerprint density at radius 3 is 2.62 bits per heavy atom. The third-order valence-corrected chi connectivity index (χ3v) is 3.84. The average Bonchev–Trinajstić information content (AvgIpc) is 2.64. The number of amides is 1. The molecule has 0 bridgehead atoms. The summed E-state index contributed by atoms with van der Waals surface area (Å²) in [5.74, 6) is 0.0210. The van der Waals surface area contributed by atoms with E-state index >= 15 is 0 Å². The molecular formula is C11H17N3OS. The summed E-state index contributed by atoms with van der Waals surface area (Å²) in [5, 5.41) is 2.20. The van der Waals surface area contributed by atoms with E-state index in [1.165, 1.54) is 17.8 Å². The first-order valence-electron chi connectivity index (χ1n) is 5.63. The van der Waals surface area contributed by atoms with Crippen molar-refractivity contribution in [1.29, 1.82) is 0 Å². The summed E-state index contributed by atoms with van der Waals surface area (Å²) in [7, 11) is 0. The highest BCUT2D eigenvalue weighted by molar-refractivity contribution is 7.13. The second kappa shape index (κ2) is 4.41. The number of carbonyl (C=O) groups excluding carboxylic acids is 1. The number of rotatable bonds is 1. The summed E-state index contributed by atoms with van der Waals surface area (Å²) >= 11 is 1.32. The Labute approximate surface area is 99.5 Å². The summed E-state index contributed by atoms with van der Waals surface area (Å²) in [6, 6.07) is 0.610. The summed E-state index contributed by atoms with van der Waals surface area (Å²) < 4.78 is 0. The van der Waals surface area contributed by atoms with Crippen LogP contribution in [0, 0.1) is 0 Å². The monoisotopic (exact) mass is 239 g/mol. The fourth-order valence-electron chi connectivity index (χ4n) is 2.34. The van der Waals surface area contributed by atoms with Crippen LogP contribution in [0.5, 0.6) is 0 Å². The van der Waals surface area contributed by atoms with Gasteiger partial charge in [0.25, 0.3) is 5.91 Å². The topological polar surface area (TPSA) is 59.2 Å². The predicted molar refractivity (Wildman–Crippen MR) is 65.5 cm³/mol. The molecule has 0 spiro atoms. The van der Waals surface area contributed by atoms with Gasteiger partial charge >= 0.3 is 0 Å². The fraction of sp³-hybridized carbons (Fsp3) is 0.636. The van der Waals surface area contributed by atoms with Gasteiger partial charge in [0.1, 0.15) is 5.69 Å². The number of nitrogens with zero attached hydrogens (tertiary/aromatic N) is 2. The van der Waals surface area contributed by atoms with Gasteiger partial charge in [-0.1, -0.05) is 0 Å². The van der Waals surface area contributed by atoms with Crippen molar-refractivity contribution in [3.05, 3.63) is 11.1 Å². The second-order valence-corrected chi connectivity index (χ2v) is 5.30. The predicted octanol–water partition coefficient (Wildman–Crippen LogP) is 2.13. The number of nitrogens with two attached hydrogens (primary N) is 1. The molecule has 88 valence electrons. The largest absolute Gasteiger partial charge is 0.375 e. The number of aromatic nitrogens is 1. The van der Waals surface area contributed by atoms with Crippen LogP contribution in [0.1, 0.15) is 43.6 Å².